The van der Waals surface area contributed by atoms with Crippen molar-refractivity contribution in [2.45, 2.75) is 39.7 Å². The minimum Gasteiger partial charge on any atom is -0.493 e. The predicted molar refractivity (Wildman–Crippen MR) is 96.1 cm³/mol. The van der Waals surface area contributed by atoms with Crippen molar-refractivity contribution in [3.8, 4) is 11.5 Å². The van der Waals surface area contributed by atoms with Crippen molar-refractivity contribution in [2.24, 2.45) is 0 Å². The Morgan fingerprint density at radius 3 is 2.61 bits per heavy atom. The number of methoxy groups -OCH3 is 1. The standard InChI is InChI=1S/C17H28N2O3.ClH/c1-5-7-10-22-15-9-8-14(11-16(15)21-4)17(20)19-12-13(3)18-6-2;/h8-9,11,13,18H,5-7,10,12H2,1-4H3,(H,19,20);1H/t13-;/m1./s1. The number of hydrogen-bond donors (Lipinski definition) is 2. The van der Waals surface area contributed by atoms with Gasteiger partial charge in [0.15, 0.2) is 11.5 Å². The molecule has 0 aliphatic rings. The van der Waals surface area contributed by atoms with Gasteiger partial charge in [-0.05, 0) is 38.1 Å². The third kappa shape index (κ3) is 7.57. The van der Waals surface area contributed by atoms with E-state index in [1.807, 2.05) is 13.8 Å². The summed E-state index contributed by atoms with van der Waals surface area (Å²) < 4.78 is 11.0. The molecule has 2 N–H and O–H groups in total. The number of benzene rings is 1. The maximum Gasteiger partial charge on any atom is 0.251 e. The van der Waals surface area contributed by atoms with Crippen LogP contribution in [0.25, 0.3) is 0 Å². The summed E-state index contributed by atoms with van der Waals surface area (Å²) in [7, 11) is 1.58. The van der Waals surface area contributed by atoms with Crippen molar-refractivity contribution in [1.82, 2.24) is 10.6 Å². The summed E-state index contributed by atoms with van der Waals surface area (Å²) in [5.74, 6) is 1.15. The van der Waals surface area contributed by atoms with Crippen LogP contribution in [0.1, 0.15) is 44.0 Å². The molecule has 0 unspecified atom stereocenters. The largest absolute Gasteiger partial charge is 0.493 e. The Kier molecular flexibility index (Phi) is 11.3. The second kappa shape index (κ2) is 12.0. The van der Waals surface area contributed by atoms with Gasteiger partial charge >= 0.3 is 0 Å². The molecule has 0 radical (unpaired) electrons. The first-order valence-corrected chi connectivity index (χ1v) is 7.94. The van der Waals surface area contributed by atoms with Crippen LogP contribution in [0, 0.1) is 0 Å². The topological polar surface area (TPSA) is 59.6 Å². The lowest BCUT2D eigenvalue weighted by molar-refractivity contribution is 0.0950. The Bertz CT molecular complexity index is 469. The lowest BCUT2D eigenvalue weighted by atomic mass is 10.2. The van der Waals surface area contributed by atoms with Crippen LogP contribution >= 0.6 is 12.4 Å². The number of halogens is 1. The Morgan fingerprint density at radius 2 is 2.00 bits per heavy atom. The third-order valence-electron chi connectivity index (χ3n) is 3.30. The molecule has 0 spiro atoms. The van der Waals surface area contributed by atoms with Gasteiger partial charge in [0.2, 0.25) is 0 Å². The van der Waals surface area contributed by atoms with E-state index in [1.165, 1.54) is 0 Å². The third-order valence-corrected chi connectivity index (χ3v) is 3.30. The van der Waals surface area contributed by atoms with E-state index in [1.54, 1.807) is 25.3 Å². The van der Waals surface area contributed by atoms with E-state index in [-0.39, 0.29) is 24.4 Å². The first-order chi connectivity index (χ1) is 10.6. The fourth-order valence-corrected chi connectivity index (χ4v) is 2.02. The number of carbonyl (C=O) groups is 1. The molecule has 1 aromatic carbocycles. The molecular formula is C17H29ClN2O3. The van der Waals surface area contributed by atoms with Crippen molar-refractivity contribution in [2.75, 3.05) is 26.8 Å². The zero-order valence-corrected chi connectivity index (χ0v) is 15.3. The van der Waals surface area contributed by atoms with Crippen molar-refractivity contribution in [1.29, 1.82) is 0 Å². The molecule has 0 bridgehead atoms. The summed E-state index contributed by atoms with van der Waals surface area (Å²) in [5, 5.41) is 6.16. The second-order valence-electron chi connectivity index (χ2n) is 5.24. The molecule has 23 heavy (non-hydrogen) atoms. The summed E-state index contributed by atoms with van der Waals surface area (Å²) in [6, 6.07) is 5.51. The second-order valence-corrected chi connectivity index (χ2v) is 5.24. The highest BCUT2D eigenvalue weighted by atomic mass is 35.5. The van der Waals surface area contributed by atoms with Gasteiger partial charge in [0.25, 0.3) is 5.91 Å². The van der Waals surface area contributed by atoms with Crippen LogP contribution in [0.15, 0.2) is 18.2 Å². The van der Waals surface area contributed by atoms with E-state index in [0.717, 1.165) is 19.4 Å². The molecule has 1 aromatic rings. The van der Waals surface area contributed by atoms with E-state index in [4.69, 9.17) is 9.47 Å². The maximum absolute atomic E-state index is 12.2. The molecule has 1 rings (SSSR count). The van der Waals surface area contributed by atoms with Gasteiger partial charge in [0.1, 0.15) is 0 Å². The zero-order valence-electron chi connectivity index (χ0n) is 14.5. The quantitative estimate of drug-likeness (QED) is 0.640. The molecular weight excluding hydrogens is 316 g/mol. The normalized spacial score (nSPS) is 11.3. The molecule has 0 saturated carbocycles. The van der Waals surface area contributed by atoms with Crippen molar-refractivity contribution < 1.29 is 14.3 Å². The maximum atomic E-state index is 12.2. The van der Waals surface area contributed by atoms with E-state index < -0.39 is 0 Å². The van der Waals surface area contributed by atoms with Crippen LogP contribution in [0.2, 0.25) is 0 Å². The fourth-order valence-electron chi connectivity index (χ4n) is 2.02. The first-order valence-electron chi connectivity index (χ1n) is 7.94. The number of ether oxygens (including phenoxy) is 2. The van der Waals surface area contributed by atoms with Crippen LogP contribution in [0.4, 0.5) is 0 Å². The number of unbranched alkanes of at least 4 members (excludes halogenated alkanes) is 1. The Balaban J connectivity index is 0.00000484. The van der Waals surface area contributed by atoms with Gasteiger partial charge in [0.05, 0.1) is 13.7 Å². The van der Waals surface area contributed by atoms with E-state index in [0.29, 0.717) is 30.2 Å². The van der Waals surface area contributed by atoms with Gasteiger partial charge in [-0.3, -0.25) is 4.79 Å². The average Bonchev–Trinajstić information content (AvgIpc) is 2.53. The van der Waals surface area contributed by atoms with Crippen molar-refractivity contribution >= 4 is 18.3 Å². The van der Waals surface area contributed by atoms with Gasteiger partial charge < -0.3 is 20.1 Å². The van der Waals surface area contributed by atoms with E-state index in [2.05, 4.69) is 17.6 Å². The highest BCUT2D eigenvalue weighted by Crippen LogP contribution is 2.28. The summed E-state index contributed by atoms with van der Waals surface area (Å²) in [5.41, 5.74) is 0.573. The fraction of sp³-hybridized carbons (Fsp3) is 0.588. The molecule has 0 heterocycles. The summed E-state index contributed by atoms with van der Waals surface area (Å²) >= 11 is 0. The highest BCUT2D eigenvalue weighted by Gasteiger charge is 2.12. The van der Waals surface area contributed by atoms with Crippen molar-refractivity contribution in [3.05, 3.63) is 23.8 Å². The number of nitrogens with one attached hydrogen (secondary N) is 2. The van der Waals surface area contributed by atoms with E-state index in [9.17, 15) is 4.79 Å². The Morgan fingerprint density at radius 1 is 1.26 bits per heavy atom. The number of likely N-dealkylation sites (N-methyl/N-ethyl adjacent to an activating group) is 1. The van der Waals surface area contributed by atoms with Gasteiger partial charge in [-0.25, -0.2) is 0 Å². The zero-order chi connectivity index (χ0) is 16.4. The van der Waals surface area contributed by atoms with Crippen molar-refractivity contribution in [3.63, 3.8) is 0 Å². The smallest absolute Gasteiger partial charge is 0.251 e. The van der Waals surface area contributed by atoms with Gasteiger partial charge in [-0.15, -0.1) is 12.4 Å². The lowest BCUT2D eigenvalue weighted by Gasteiger charge is -2.14. The molecule has 0 fully saturated rings. The van der Waals surface area contributed by atoms with Gasteiger partial charge in [-0.1, -0.05) is 20.3 Å². The molecule has 0 saturated heterocycles. The van der Waals surface area contributed by atoms with Gasteiger partial charge in [0, 0.05) is 18.2 Å². The molecule has 0 aliphatic heterocycles. The minimum atomic E-state index is -0.108. The van der Waals surface area contributed by atoms with Crippen LogP contribution in [-0.2, 0) is 0 Å². The van der Waals surface area contributed by atoms with Crippen LogP contribution in [0.3, 0.4) is 0 Å². The SMILES string of the molecule is CCCCOc1ccc(C(=O)NC[C@@H](C)NCC)cc1OC.Cl. The number of hydrogen-bond acceptors (Lipinski definition) is 4. The molecule has 132 valence electrons. The van der Waals surface area contributed by atoms with Gasteiger partial charge in [-0.2, -0.15) is 0 Å². The highest BCUT2D eigenvalue weighted by molar-refractivity contribution is 5.94. The minimum absolute atomic E-state index is 0. The van der Waals surface area contributed by atoms with E-state index >= 15 is 0 Å². The molecule has 5 nitrogen and oxygen atoms in total. The molecule has 1 amide bonds. The predicted octanol–water partition coefficient (Wildman–Crippen LogP) is 3.02. The Hall–Kier alpha value is -1.46. The molecule has 0 aromatic heterocycles. The average molecular weight is 345 g/mol. The number of carbonyl (C=O) groups excluding carboxylic acids is 1. The van der Waals surface area contributed by atoms with Crippen LogP contribution < -0.4 is 20.1 Å². The number of amides is 1. The monoisotopic (exact) mass is 344 g/mol. The molecule has 6 heteroatoms. The first kappa shape index (κ1) is 21.5. The summed E-state index contributed by atoms with van der Waals surface area (Å²) in [4.78, 5) is 12.2. The summed E-state index contributed by atoms with van der Waals surface area (Å²) in [6.45, 7) is 8.31. The Labute approximate surface area is 145 Å². The number of rotatable bonds is 10. The molecule has 0 aliphatic carbocycles. The van der Waals surface area contributed by atoms with Crippen LogP contribution in [-0.4, -0.2) is 38.8 Å². The molecule has 1 atom stereocenters. The summed E-state index contributed by atoms with van der Waals surface area (Å²) in [6.07, 6.45) is 2.07. The lowest BCUT2D eigenvalue weighted by Crippen LogP contribution is -2.38. The van der Waals surface area contributed by atoms with Crippen LogP contribution in [0.5, 0.6) is 11.5 Å².